The number of pyridine rings is 1. The second kappa shape index (κ2) is 8.83. The van der Waals surface area contributed by atoms with Gasteiger partial charge >= 0.3 is 6.08 Å². The van der Waals surface area contributed by atoms with Gasteiger partial charge in [-0.1, -0.05) is 23.2 Å². The summed E-state index contributed by atoms with van der Waals surface area (Å²) < 4.78 is 16.9. The van der Waals surface area contributed by atoms with Gasteiger partial charge in [-0.2, -0.15) is 4.98 Å². The zero-order chi connectivity index (χ0) is 22.0. The van der Waals surface area contributed by atoms with Gasteiger partial charge in [-0.05, 0) is 55.5 Å². The van der Waals surface area contributed by atoms with E-state index in [1.807, 2.05) is 0 Å². The van der Waals surface area contributed by atoms with E-state index in [0.717, 1.165) is 0 Å². The molecule has 7 nitrogen and oxygen atoms in total. The Labute approximate surface area is 188 Å². The second-order valence-electron chi connectivity index (χ2n) is 6.63. The average molecular weight is 458 g/mol. The summed E-state index contributed by atoms with van der Waals surface area (Å²) in [6, 6.07) is 15.3. The summed E-state index contributed by atoms with van der Waals surface area (Å²) in [5.41, 5.74) is 1.18. The first-order chi connectivity index (χ1) is 14.9. The Kier molecular flexibility index (Phi) is 5.97. The molecule has 1 amide bonds. The van der Waals surface area contributed by atoms with Crippen molar-refractivity contribution in [2.24, 2.45) is 0 Å². The number of nitrogens with zero attached hydrogens (tertiary/aromatic N) is 3. The molecule has 0 N–H and O–H groups in total. The first kappa shape index (κ1) is 21.0. The lowest BCUT2D eigenvalue weighted by molar-refractivity contribution is -0.124. The van der Waals surface area contributed by atoms with Crippen molar-refractivity contribution >= 4 is 46.0 Å². The fraction of sp³-hybridized carbons (Fsp3) is 0.136. The van der Waals surface area contributed by atoms with Gasteiger partial charge in [0.05, 0.1) is 5.02 Å². The van der Waals surface area contributed by atoms with Gasteiger partial charge in [0.25, 0.3) is 5.91 Å². The number of carbonyl (C=O) groups excluding carboxylic acids is 1. The number of hydrogen-bond acceptors (Lipinski definition) is 6. The molecule has 2 aromatic carbocycles. The van der Waals surface area contributed by atoms with E-state index in [-0.39, 0.29) is 12.0 Å². The van der Waals surface area contributed by atoms with Gasteiger partial charge in [0, 0.05) is 24.3 Å². The minimum absolute atomic E-state index is 0.100. The van der Waals surface area contributed by atoms with Crippen LogP contribution in [0.15, 0.2) is 65.2 Å². The summed E-state index contributed by atoms with van der Waals surface area (Å²) in [7, 11) is 1.60. The highest BCUT2D eigenvalue weighted by atomic mass is 35.5. The Morgan fingerprint density at radius 3 is 2.58 bits per heavy atom. The van der Waals surface area contributed by atoms with Crippen LogP contribution in [0.2, 0.25) is 10.0 Å². The number of fused-ring (bicyclic) bond motifs is 1. The maximum Gasteiger partial charge on any atom is 0.400 e. The molecule has 2 heterocycles. The number of ether oxygens (including phenoxy) is 2. The number of likely N-dealkylation sites (N-methyl/N-ethyl adjacent to an activating group) is 1. The third-order valence-electron chi connectivity index (χ3n) is 4.41. The van der Waals surface area contributed by atoms with Crippen LogP contribution in [0.3, 0.4) is 0 Å². The van der Waals surface area contributed by atoms with Crippen molar-refractivity contribution in [1.29, 1.82) is 0 Å². The van der Waals surface area contributed by atoms with Crippen LogP contribution in [0.5, 0.6) is 17.6 Å². The van der Waals surface area contributed by atoms with Crippen LogP contribution in [0, 0.1) is 0 Å². The quantitative estimate of drug-likeness (QED) is 0.366. The number of rotatable bonds is 6. The van der Waals surface area contributed by atoms with Crippen molar-refractivity contribution in [3.63, 3.8) is 0 Å². The predicted molar refractivity (Wildman–Crippen MR) is 118 cm³/mol. The van der Waals surface area contributed by atoms with Crippen LogP contribution in [0.25, 0.3) is 11.1 Å². The minimum atomic E-state index is -0.753. The SMILES string of the molecule is CC(Oc1ccc(Oc2nc3ccc(Cl)cc3o2)cc1)C(=O)N(C)c1ncccc1Cl. The van der Waals surface area contributed by atoms with Gasteiger partial charge in [0.15, 0.2) is 17.5 Å². The predicted octanol–water partition coefficient (Wildman–Crippen LogP) is 5.75. The van der Waals surface area contributed by atoms with Crippen LogP contribution in [-0.2, 0) is 4.79 Å². The fourth-order valence-electron chi connectivity index (χ4n) is 2.86. The Balaban J connectivity index is 1.40. The van der Waals surface area contributed by atoms with Gasteiger partial charge in [-0.3, -0.25) is 9.69 Å². The van der Waals surface area contributed by atoms with Crippen molar-refractivity contribution in [1.82, 2.24) is 9.97 Å². The number of halogens is 2. The third kappa shape index (κ3) is 4.73. The van der Waals surface area contributed by atoms with Crippen LogP contribution in [-0.4, -0.2) is 29.0 Å². The van der Waals surface area contributed by atoms with Gasteiger partial charge in [-0.15, -0.1) is 0 Å². The molecule has 1 unspecified atom stereocenters. The molecule has 0 spiro atoms. The molecule has 0 radical (unpaired) electrons. The largest absolute Gasteiger partial charge is 0.481 e. The first-order valence-electron chi connectivity index (χ1n) is 9.29. The average Bonchev–Trinajstić information content (AvgIpc) is 3.15. The summed E-state index contributed by atoms with van der Waals surface area (Å²) in [5, 5.41) is 0.935. The van der Waals surface area contributed by atoms with E-state index >= 15 is 0 Å². The van der Waals surface area contributed by atoms with Crippen molar-refractivity contribution in [2.45, 2.75) is 13.0 Å². The summed E-state index contributed by atoms with van der Waals surface area (Å²) in [5.74, 6) is 1.08. The molecule has 0 aliphatic heterocycles. The van der Waals surface area contributed by atoms with E-state index in [1.165, 1.54) is 4.90 Å². The Morgan fingerprint density at radius 2 is 1.84 bits per heavy atom. The van der Waals surface area contributed by atoms with Gasteiger partial charge in [0.1, 0.15) is 17.0 Å². The summed E-state index contributed by atoms with van der Waals surface area (Å²) in [6.07, 6.45) is 0.917. The highest BCUT2D eigenvalue weighted by molar-refractivity contribution is 6.33. The normalized spacial score (nSPS) is 11.9. The number of hydrogen-bond donors (Lipinski definition) is 0. The molecular formula is C22H17Cl2N3O4. The molecule has 0 saturated carbocycles. The Hall–Kier alpha value is -3.29. The molecule has 0 saturated heterocycles. The van der Waals surface area contributed by atoms with Crippen molar-refractivity contribution in [3.8, 4) is 17.6 Å². The smallest absolute Gasteiger partial charge is 0.400 e. The third-order valence-corrected chi connectivity index (χ3v) is 4.94. The van der Waals surface area contributed by atoms with Crippen molar-refractivity contribution < 1.29 is 18.7 Å². The lowest BCUT2D eigenvalue weighted by Gasteiger charge is -2.22. The molecule has 0 aliphatic rings. The fourth-order valence-corrected chi connectivity index (χ4v) is 3.27. The molecule has 4 aromatic rings. The van der Waals surface area contributed by atoms with E-state index in [2.05, 4.69) is 9.97 Å². The molecule has 0 bridgehead atoms. The highest BCUT2D eigenvalue weighted by Crippen LogP contribution is 2.28. The van der Waals surface area contributed by atoms with Gasteiger partial charge in [0.2, 0.25) is 0 Å². The molecule has 0 fully saturated rings. The Bertz CT molecular complexity index is 1230. The van der Waals surface area contributed by atoms with Gasteiger partial charge in [-0.25, -0.2) is 4.98 Å². The van der Waals surface area contributed by atoms with Crippen LogP contribution < -0.4 is 14.4 Å². The van der Waals surface area contributed by atoms with Gasteiger partial charge < -0.3 is 13.9 Å². The summed E-state index contributed by atoms with van der Waals surface area (Å²) >= 11 is 12.1. The molecule has 1 atom stereocenters. The number of anilines is 1. The molecular weight excluding hydrogens is 441 g/mol. The molecule has 31 heavy (non-hydrogen) atoms. The summed E-state index contributed by atoms with van der Waals surface area (Å²) in [4.78, 5) is 22.4. The molecule has 158 valence electrons. The zero-order valence-electron chi connectivity index (χ0n) is 16.6. The Morgan fingerprint density at radius 1 is 1.10 bits per heavy atom. The summed E-state index contributed by atoms with van der Waals surface area (Å²) in [6.45, 7) is 1.66. The molecule has 4 rings (SSSR count). The first-order valence-corrected chi connectivity index (χ1v) is 10.0. The minimum Gasteiger partial charge on any atom is -0.481 e. The number of carbonyl (C=O) groups is 1. The number of oxazole rings is 1. The molecule has 0 aliphatic carbocycles. The van der Waals surface area contributed by atoms with E-state index < -0.39 is 6.10 Å². The topological polar surface area (TPSA) is 77.7 Å². The standard InChI is InChI=1S/C22H17Cl2N3O4/c1-13(21(28)27(2)20-17(24)4-3-11-25-20)29-15-6-8-16(9-7-15)30-22-26-18-10-5-14(23)12-19(18)31-22/h3-13H,1-2H3. The van der Waals surface area contributed by atoms with E-state index in [1.54, 1.807) is 74.8 Å². The van der Waals surface area contributed by atoms with Crippen molar-refractivity contribution in [3.05, 3.63) is 70.8 Å². The van der Waals surface area contributed by atoms with Crippen LogP contribution in [0.4, 0.5) is 5.82 Å². The molecule has 9 heteroatoms. The maximum atomic E-state index is 12.7. The second-order valence-corrected chi connectivity index (χ2v) is 7.48. The molecule has 2 aromatic heterocycles. The highest BCUT2D eigenvalue weighted by Gasteiger charge is 2.22. The zero-order valence-corrected chi connectivity index (χ0v) is 18.1. The maximum absolute atomic E-state index is 12.7. The van der Waals surface area contributed by atoms with E-state index in [0.29, 0.717) is 38.5 Å². The van der Waals surface area contributed by atoms with Crippen LogP contribution >= 0.6 is 23.2 Å². The monoisotopic (exact) mass is 457 g/mol. The van der Waals surface area contributed by atoms with Crippen molar-refractivity contribution in [2.75, 3.05) is 11.9 Å². The van der Waals surface area contributed by atoms with Crippen LogP contribution in [0.1, 0.15) is 6.92 Å². The lowest BCUT2D eigenvalue weighted by Crippen LogP contribution is -2.38. The van der Waals surface area contributed by atoms with E-state index in [9.17, 15) is 4.79 Å². The number of benzene rings is 2. The lowest BCUT2D eigenvalue weighted by atomic mass is 10.3. The van der Waals surface area contributed by atoms with E-state index in [4.69, 9.17) is 37.1 Å². The number of aromatic nitrogens is 2. The number of amides is 1.